The second-order valence-corrected chi connectivity index (χ2v) is 6.40. The van der Waals surface area contributed by atoms with Gasteiger partial charge in [0.05, 0.1) is 0 Å². The molecule has 0 aromatic heterocycles. The normalized spacial score (nSPS) is 53.8. The van der Waals surface area contributed by atoms with Gasteiger partial charge in [-0.2, -0.15) is 0 Å². The van der Waals surface area contributed by atoms with E-state index in [0.29, 0.717) is 5.41 Å². The molecule has 0 saturated heterocycles. The molecule has 0 heteroatoms. The first-order valence-electron chi connectivity index (χ1n) is 6.50. The maximum atomic E-state index is 2.55. The molecular weight excluding hydrogens is 168 g/mol. The molecule has 0 aliphatic heterocycles. The summed E-state index contributed by atoms with van der Waals surface area (Å²) in [6.07, 6.45) is 4.37. The monoisotopic (exact) mass is 194 g/mol. The van der Waals surface area contributed by atoms with E-state index in [0.717, 1.165) is 29.6 Å². The van der Waals surface area contributed by atoms with E-state index in [1.165, 1.54) is 19.3 Å². The van der Waals surface area contributed by atoms with E-state index in [4.69, 9.17) is 0 Å². The van der Waals surface area contributed by atoms with Crippen LogP contribution in [0.3, 0.4) is 0 Å². The standard InChI is InChI=1S/C14H26/c1-6-9(2)13-12-8-14(13,5)11(4)7-10(12)3/h9-13H,6-8H2,1-5H3. The van der Waals surface area contributed by atoms with Crippen LogP contribution in [-0.2, 0) is 0 Å². The van der Waals surface area contributed by atoms with Crippen molar-refractivity contribution in [3.63, 3.8) is 0 Å². The number of fused-ring (bicyclic) bond motifs is 2. The maximum Gasteiger partial charge on any atom is -0.0264 e. The summed E-state index contributed by atoms with van der Waals surface area (Å²) in [7, 11) is 0. The van der Waals surface area contributed by atoms with Gasteiger partial charge < -0.3 is 0 Å². The number of rotatable bonds is 2. The lowest BCUT2D eigenvalue weighted by molar-refractivity contribution is -0.170. The van der Waals surface area contributed by atoms with Gasteiger partial charge in [0.2, 0.25) is 0 Å². The zero-order valence-corrected chi connectivity index (χ0v) is 10.5. The van der Waals surface area contributed by atoms with Crippen molar-refractivity contribution in [2.24, 2.45) is 35.0 Å². The molecule has 0 N–H and O–H groups in total. The quantitative estimate of drug-likeness (QED) is 0.613. The second-order valence-electron chi connectivity index (χ2n) is 6.40. The summed E-state index contributed by atoms with van der Waals surface area (Å²) < 4.78 is 0. The Morgan fingerprint density at radius 2 is 2.00 bits per heavy atom. The van der Waals surface area contributed by atoms with Gasteiger partial charge in [0.25, 0.3) is 0 Å². The zero-order valence-electron chi connectivity index (χ0n) is 10.5. The minimum atomic E-state index is 0.701. The van der Waals surface area contributed by atoms with Crippen LogP contribution in [0.1, 0.15) is 53.9 Å². The van der Waals surface area contributed by atoms with E-state index in [1.54, 1.807) is 0 Å². The van der Waals surface area contributed by atoms with Crippen molar-refractivity contribution >= 4 is 0 Å². The lowest BCUT2D eigenvalue weighted by Crippen LogP contribution is -2.59. The van der Waals surface area contributed by atoms with Gasteiger partial charge in [-0.15, -0.1) is 0 Å². The first-order chi connectivity index (χ1) is 6.50. The molecule has 6 unspecified atom stereocenters. The van der Waals surface area contributed by atoms with Crippen LogP contribution in [0.15, 0.2) is 0 Å². The third-order valence-corrected chi connectivity index (χ3v) is 5.74. The highest BCUT2D eigenvalue weighted by Crippen LogP contribution is 2.66. The molecule has 82 valence electrons. The summed E-state index contributed by atoms with van der Waals surface area (Å²) >= 11 is 0. The molecule has 3 fully saturated rings. The maximum absolute atomic E-state index is 2.55. The molecule has 0 nitrogen and oxygen atoms in total. The molecule has 0 radical (unpaired) electrons. The molecule has 14 heavy (non-hydrogen) atoms. The topological polar surface area (TPSA) is 0 Å². The van der Waals surface area contributed by atoms with Crippen LogP contribution >= 0.6 is 0 Å². The van der Waals surface area contributed by atoms with Crippen molar-refractivity contribution in [2.75, 3.05) is 0 Å². The molecule has 0 heterocycles. The molecule has 3 aliphatic rings. The fourth-order valence-corrected chi connectivity index (χ4v) is 4.51. The SMILES string of the molecule is CCC(C)C1C2CC1(C)C(C)CC2C. The van der Waals surface area contributed by atoms with Crippen LogP contribution < -0.4 is 0 Å². The van der Waals surface area contributed by atoms with E-state index in [2.05, 4.69) is 34.6 Å². The summed E-state index contributed by atoms with van der Waals surface area (Å²) in [5.74, 6) is 4.99. The molecule has 0 spiro atoms. The summed E-state index contributed by atoms with van der Waals surface area (Å²) in [6.45, 7) is 12.4. The van der Waals surface area contributed by atoms with Crippen LogP contribution in [0.5, 0.6) is 0 Å². The largest absolute Gasteiger partial charge is 0.0651 e. The van der Waals surface area contributed by atoms with Crippen molar-refractivity contribution in [1.29, 1.82) is 0 Å². The third-order valence-electron chi connectivity index (χ3n) is 5.74. The second kappa shape index (κ2) is 3.25. The highest BCUT2D eigenvalue weighted by Gasteiger charge is 2.59. The van der Waals surface area contributed by atoms with Gasteiger partial charge in [-0.05, 0) is 47.8 Å². The minimum Gasteiger partial charge on any atom is -0.0651 e. The Kier molecular flexibility index (Phi) is 2.44. The van der Waals surface area contributed by atoms with E-state index in [1.807, 2.05) is 0 Å². The Labute approximate surface area is 89.5 Å². The minimum absolute atomic E-state index is 0.701. The van der Waals surface area contributed by atoms with Crippen LogP contribution in [-0.4, -0.2) is 0 Å². The molecule has 3 rings (SSSR count). The summed E-state index contributed by atoms with van der Waals surface area (Å²) in [5, 5.41) is 0. The fourth-order valence-electron chi connectivity index (χ4n) is 4.51. The Bertz CT molecular complexity index is 220. The molecule has 0 aromatic carbocycles. The third kappa shape index (κ3) is 1.19. The van der Waals surface area contributed by atoms with Gasteiger partial charge >= 0.3 is 0 Å². The molecule has 2 bridgehead atoms. The van der Waals surface area contributed by atoms with Crippen LogP contribution in [0, 0.1) is 35.0 Å². The molecule has 0 amide bonds. The summed E-state index contributed by atoms with van der Waals surface area (Å²) in [4.78, 5) is 0. The first-order valence-corrected chi connectivity index (χ1v) is 6.50. The smallest absolute Gasteiger partial charge is 0.0264 e. The van der Waals surface area contributed by atoms with Crippen LogP contribution in [0.4, 0.5) is 0 Å². The van der Waals surface area contributed by atoms with Crippen molar-refractivity contribution in [2.45, 2.75) is 53.9 Å². The zero-order chi connectivity index (χ0) is 10.5. The van der Waals surface area contributed by atoms with Gasteiger partial charge in [0.15, 0.2) is 0 Å². The Hall–Kier alpha value is 0. The Morgan fingerprint density at radius 3 is 2.50 bits per heavy atom. The van der Waals surface area contributed by atoms with Gasteiger partial charge in [0, 0.05) is 0 Å². The van der Waals surface area contributed by atoms with E-state index < -0.39 is 0 Å². The molecule has 3 saturated carbocycles. The van der Waals surface area contributed by atoms with Crippen LogP contribution in [0.2, 0.25) is 0 Å². The number of hydrogen-bond donors (Lipinski definition) is 0. The van der Waals surface area contributed by atoms with Crippen molar-refractivity contribution in [3.8, 4) is 0 Å². The molecule has 0 aromatic rings. The molecule has 6 atom stereocenters. The van der Waals surface area contributed by atoms with Crippen molar-refractivity contribution < 1.29 is 0 Å². The van der Waals surface area contributed by atoms with E-state index in [-0.39, 0.29) is 0 Å². The van der Waals surface area contributed by atoms with E-state index >= 15 is 0 Å². The highest BCUT2D eigenvalue weighted by molar-refractivity contribution is 5.08. The lowest BCUT2D eigenvalue weighted by Gasteiger charge is -2.66. The Balaban J connectivity index is 2.18. The predicted octanol–water partition coefficient (Wildman–Crippen LogP) is 4.35. The molecular formula is C14H26. The lowest BCUT2D eigenvalue weighted by atomic mass is 9.39. The average molecular weight is 194 g/mol. The first kappa shape index (κ1) is 10.5. The van der Waals surface area contributed by atoms with Crippen molar-refractivity contribution in [3.05, 3.63) is 0 Å². The highest BCUT2D eigenvalue weighted by atomic mass is 14.6. The van der Waals surface area contributed by atoms with Gasteiger partial charge in [-0.25, -0.2) is 0 Å². The fraction of sp³-hybridized carbons (Fsp3) is 1.00. The number of hydrogen-bond acceptors (Lipinski definition) is 0. The molecule has 3 aliphatic carbocycles. The van der Waals surface area contributed by atoms with Gasteiger partial charge in [-0.1, -0.05) is 41.0 Å². The summed E-state index contributed by atoms with van der Waals surface area (Å²) in [5.41, 5.74) is 0.701. The average Bonchev–Trinajstić information content (AvgIpc) is 2.10. The van der Waals surface area contributed by atoms with Gasteiger partial charge in [0.1, 0.15) is 0 Å². The van der Waals surface area contributed by atoms with Crippen molar-refractivity contribution in [1.82, 2.24) is 0 Å². The predicted molar refractivity (Wildman–Crippen MR) is 62.1 cm³/mol. The van der Waals surface area contributed by atoms with E-state index in [9.17, 15) is 0 Å². The summed E-state index contributed by atoms with van der Waals surface area (Å²) in [6, 6.07) is 0. The van der Waals surface area contributed by atoms with Crippen LogP contribution in [0.25, 0.3) is 0 Å². The Morgan fingerprint density at radius 1 is 1.36 bits per heavy atom. The van der Waals surface area contributed by atoms with Gasteiger partial charge in [-0.3, -0.25) is 0 Å².